The molecule has 0 spiro atoms. The number of rotatable bonds is 3. The van der Waals surface area contributed by atoms with E-state index in [9.17, 15) is 0 Å². The highest BCUT2D eigenvalue weighted by Crippen LogP contribution is 2.39. The smallest absolute Gasteiger partial charge is 0.0897 e. The molecule has 0 radical (unpaired) electrons. The van der Waals surface area contributed by atoms with Crippen molar-refractivity contribution < 1.29 is 0 Å². The third-order valence-corrected chi connectivity index (χ3v) is 6.68. The molecule has 0 bridgehead atoms. The molecule has 2 nitrogen and oxygen atoms in total. The Balaban J connectivity index is 2.40. The molecule has 0 aliphatic rings. The minimum atomic E-state index is 0.0765. The summed E-state index contributed by atoms with van der Waals surface area (Å²) >= 11 is 10.4. The average Bonchev–Trinajstić information content (AvgIpc) is 2.78. The largest absolute Gasteiger partial charge is 0.271 e. The molecule has 0 saturated carbocycles. The number of halogens is 2. The van der Waals surface area contributed by atoms with Crippen LogP contribution in [-0.4, -0.2) is 0 Å². The lowest BCUT2D eigenvalue weighted by Crippen LogP contribution is -2.27. The quantitative estimate of drug-likeness (QED) is 0.617. The van der Waals surface area contributed by atoms with E-state index in [0.717, 1.165) is 8.26 Å². The monoisotopic (exact) mass is 380 g/mol. The summed E-state index contributed by atoms with van der Waals surface area (Å²) in [6.07, 6.45) is 0. The fraction of sp³-hybridized carbons (Fsp3) is 0.200. The van der Waals surface area contributed by atoms with Crippen LogP contribution >= 0.6 is 54.5 Å². The third-order valence-electron chi connectivity index (χ3n) is 2.28. The highest BCUT2D eigenvalue weighted by molar-refractivity contribution is 9.13. The number of nitrogens with two attached hydrogens (primary N) is 1. The maximum atomic E-state index is 5.66. The zero-order valence-electron chi connectivity index (χ0n) is 8.46. The molecular formula is C10H10Br2N2S2. The van der Waals surface area contributed by atoms with Crippen LogP contribution in [0.1, 0.15) is 21.4 Å². The number of thiophene rings is 2. The summed E-state index contributed by atoms with van der Waals surface area (Å²) < 4.78 is 2.17. The Labute approximate surface area is 119 Å². The molecule has 3 N–H and O–H groups in total. The van der Waals surface area contributed by atoms with Gasteiger partial charge in [0.25, 0.3) is 0 Å². The van der Waals surface area contributed by atoms with Crippen LogP contribution in [0.25, 0.3) is 0 Å². The van der Waals surface area contributed by atoms with Crippen molar-refractivity contribution in [2.75, 3.05) is 0 Å². The van der Waals surface area contributed by atoms with Crippen molar-refractivity contribution in [2.45, 2.75) is 13.0 Å². The van der Waals surface area contributed by atoms with Crippen molar-refractivity contribution in [3.8, 4) is 0 Å². The van der Waals surface area contributed by atoms with Crippen LogP contribution < -0.4 is 11.3 Å². The molecule has 1 unspecified atom stereocenters. The van der Waals surface area contributed by atoms with Crippen LogP contribution in [-0.2, 0) is 0 Å². The minimum absolute atomic E-state index is 0.0765. The lowest BCUT2D eigenvalue weighted by atomic mass is 10.1. The standard InChI is InChI=1S/C10H10Br2N2S2/c1-5-2-3-15-9(5)8(14-13)7-4-6(11)10(12)16-7/h2-4,8,14H,13H2,1H3. The summed E-state index contributed by atoms with van der Waals surface area (Å²) in [7, 11) is 0. The predicted molar refractivity (Wildman–Crippen MR) is 77.9 cm³/mol. The van der Waals surface area contributed by atoms with Crippen LogP contribution in [0.3, 0.4) is 0 Å². The topological polar surface area (TPSA) is 38.0 Å². The van der Waals surface area contributed by atoms with Gasteiger partial charge in [-0.3, -0.25) is 5.84 Å². The molecule has 0 amide bonds. The maximum absolute atomic E-state index is 5.66. The third kappa shape index (κ3) is 2.42. The van der Waals surface area contributed by atoms with E-state index in [1.54, 1.807) is 22.7 Å². The van der Waals surface area contributed by atoms with Gasteiger partial charge in [-0.1, -0.05) is 0 Å². The molecule has 0 fully saturated rings. The highest BCUT2D eigenvalue weighted by Gasteiger charge is 2.19. The van der Waals surface area contributed by atoms with E-state index >= 15 is 0 Å². The Morgan fingerprint density at radius 2 is 2.19 bits per heavy atom. The zero-order chi connectivity index (χ0) is 11.7. The Hall–Kier alpha value is 0.280. The summed E-state index contributed by atoms with van der Waals surface area (Å²) in [5.74, 6) is 5.66. The first-order valence-electron chi connectivity index (χ1n) is 4.58. The van der Waals surface area contributed by atoms with Gasteiger partial charge in [-0.2, -0.15) is 0 Å². The lowest BCUT2D eigenvalue weighted by Gasteiger charge is -2.13. The van der Waals surface area contributed by atoms with Gasteiger partial charge in [-0.15, -0.1) is 22.7 Å². The normalized spacial score (nSPS) is 13.0. The summed E-state index contributed by atoms with van der Waals surface area (Å²) in [4.78, 5) is 2.47. The predicted octanol–water partition coefficient (Wildman–Crippen LogP) is 4.20. The van der Waals surface area contributed by atoms with Crippen LogP contribution in [0.5, 0.6) is 0 Å². The van der Waals surface area contributed by atoms with E-state index in [1.165, 1.54) is 15.3 Å². The van der Waals surface area contributed by atoms with Crippen LogP contribution in [0.15, 0.2) is 25.8 Å². The Bertz CT molecular complexity index is 473. The molecule has 2 aromatic heterocycles. The van der Waals surface area contributed by atoms with Gasteiger partial charge >= 0.3 is 0 Å². The first-order chi connectivity index (χ1) is 7.63. The molecule has 0 aliphatic carbocycles. The molecule has 2 heterocycles. The summed E-state index contributed by atoms with van der Waals surface area (Å²) in [5, 5.41) is 2.09. The van der Waals surface area contributed by atoms with Crippen LogP contribution in [0, 0.1) is 6.92 Å². The van der Waals surface area contributed by atoms with Gasteiger partial charge in [0.15, 0.2) is 0 Å². The van der Waals surface area contributed by atoms with E-state index in [2.05, 4.69) is 61.7 Å². The van der Waals surface area contributed by atoms with Gasteiger partial charge in [-0.25, -0.2) is 5.43 Å². The summed E-state index contributed by atoms with van der Waals surface area (Å²) in [6.45, 7) is 2.11. The van der Waals surface area contributed by atoms with E-state index < -0.39 is 0 Å². The number of hydrogen-bond donors (Lipinski definition) is 2. The molecule has 2 aromatic rings. The minimum Gasteiger partial charge on any atom is -0.271 e. The average molecular weight is 382 g/mol. The number of hydrazine groups is 1. The van der Waals surface area contributed by atoms with Gasteiger partial charge in [-0.05, 0) is 61.9 Å². The molecule has 0 aliphatic heterocycles. The molecule has 1 atom stereocenters. The van der Waals surface area contributed by atoms with Crippen molar-refractivity contribution in [2.24, 2.45) is 5.84 Å². The number of nitrogens with one attached hydrogen (secondary N) is 1. The van der Waals surface area contributed by atoms with E-state index in [-0.39, 0.29) is 6.04 Å². The lowest BCUT2D eigenvalue weighted by molar-refractivity contribution is 0.653. The second-order valence-electron chi connectivity index (χ2n) is 3.34. The SMILES string of the molecule is Cc1ccsc1C(NN)c1cc(Br)c(Br)s1. The molecule has 2 rings (SSSR count). The van der Waals surface area contributed by atoms with Gasteiger partial charge < -0.3 is 0 Å². The Morgan fingerprint density at radius 1 is 1.44 bits per heavy atom. The zero-order valence-corrected chi connectivity index (χ0v) is 13.3. The Kier molecular flexibility index (Phi) is 4.21. The molecule has 86 valence electrons. The first-order valence-corrected chi connectivity index (χ1v) is 7.86. The van der Waals surface area contributed by atoms with Crippen molar-refractivity contribution >= 4 is 54.5 Å². The Morgan fingerprint density at radius 3 is 2.62 bits per heavy atom. The van der Waals surface area contributed by atoms with Crippen molar-refractivity contribution in [1.82, 2.24) is 5.43 Å². The summed E-state index contributed by atoms with van der Waals surface area (Å²) in [6, 6.07) is 4.29. The van der Waals surface area contributed by atoms with E-state index in [0.29, 0.717) is 0 Å². The molecule has 16 heavy (non-hydrogen) atoms. The van der Waals surface area contributed by atoms with Gasteiger partial charge in [0.05, 0.1) is 9.83 Å². The van der Waals surface area contributed by atoms with Gasteiger partial charge in [0.1, 0.15) is 0 Å². The van der Waals surface area contributed by atoms with Gasteiger partial charge in [0.2, 0.25) is 0 Å². The van der Waals surface area contributed by atoms with Crippen molar-refractivity contribution in [1.29, 1.82) is 0 Å². The number of hydrogen-bond acceptors (Lipinski definition) is 4. The van der Waals surface area contributed by atoms with E-state index in [1.807, 2.05) is 0 Å². The molecular weight excluding hydrogens is 372 g/mol. The van der Waals surface area contributed by atoms with Crippen molar-refractivity contribution in [3.63, 3.8) is 0 Å². The van der Waals surface area contributed by atoms with Crippen molar-refractivity contribution in [3.05, 3.63) is 41.1 Å². The van der Waals surface area contributed by atoms with Crippen LogP contribution in [0.4, 0.5) is 0 Å². The molecule has 6 heteroatoms. The second-order valence-corrected chi connectivity index (χ2v) is 7.54. The highest BCUT2D eigenvalue weighted by atomic mass is 79.9. The first kappa shape index (κ1) is 12.7. The number of aryl methyl sites for hydroxylation is 1. The second kappa shape index (κ2) is 5.29. The maximum Gasteiger partial charge on any atom is 0.0897 e. The molecule has 0 aromatic carbocycles. The fourth-order valence-electron chi connectivity index (χ4n) is 1.47. The fourth-order valence-corrected chi connectivity index (χ4v) is 4.71. The molecule has 0 saturated heterocycles. The van der Waals surface area contributed by atoms with Gasteiger partial charge in [0, 0.05) is 14.2 Å². The van der Waals surface area contributed by atoms with Crippen LogP contribution in [0.2, 0.25) is 0 Å². The summed E-state index contributed by atoms with van der Waals surface area (Å²) in [5.41, 5.74) is 4.15. The van der Waals surface area contributed by atoms with E-state index in [4.69, 9.17) is 5.84 Å².